The van der Waals surface area contributed by atoms with Crippen LogP contribution in [-0.4, -0.2) is 34.2 Å². The molecular formula is C22H26N4O. The van der Waals surface area contributed by atoms with Crippen molar-refractivity contribution < 1.29 is 4.74 Å². The van der Waals surface area contributed by atoms with Crippen molar-refractivity contribution in [1.82, 2.24) is 15.0 Å². The Morgan fingerprint density at radius 3 is 2.74 bits per heavy atom. The molecule has 0 bridgehead atoms. The van der Waals surface area contributed by atoms with Crippen LogP contribution in [0.2, 0.25) is 0 Å². The Balaban J connectivity index is 1.42. The van der Waals surface area contributed by atoms with E-state index in [1.54, 1.807) is 12.4 Å². The number of hydrogen-bond donors (Lipinski definition) is 1. The summed E-state index contributed by atoms with van der Waals surface area (Å²) in [5, 5.41) is 4.52. The first-order chi connectivity index (χ1) is 13.4. The SMILES string of the molecule is c1cncc(-c2nc(NCCCOC3CCCCC3)c3ccccc3n2)c1. The van der Waals surface area contributed by atoms with Crippen LogP contribution >= 0.6 is 0 Å². The van der Waals surface area contributed by atoms with Gasteiger partial charge in [0.25, 0.3) is 0 Å². The summed E-state index contributed by atoms with van der Waals surface area (Å²) in [4.78, 5) is 13.6. The molecule has 0 spiro atoms. The third-order valence-electron chi connectivity index (χ3n) is 5.04. The number of pyridine rings is 1. The molecule has 0 amide bonds. The number of benzene rings is 1. The van der Waals surface area contributed by atoms with E-state index in [1.165, 1.54) is 32.1 Å². The van der Waals surface area contributed by atoms with Crippen molar-refractivity contribution in [2.24, 2.45) is 0 Å². The summed E-state index contributed by atoms with van der Waals surface area (Å²) in [6, 6.07) is 12.0. The Morgan fingerprint density at radius 2 is 1.89 bits per heavy atom. The van der Waals surface area contributed by atoms with Crippen molar-refractivity contribution in [2.45, 2.75) is 44.6 Å². The largest absolute Gasteiger partial charge is 0.378 e. The van der Waals surface area contributed by atoms with Gasteiger partial charge < -0.3 is 10.1 Å². The van der Waals surface area contributed by atoms with Crippen molar-refractivity contribution in [3.63, 3.8) is 0 Å². The Bertz CT molecular complexity index is 863. The van der Waals surface area contributed by atoms with E-state index in [9.17, 15) is 0 Å². The van der Waals surface area contributed by atoms with Crippen LogP contribution in [0.15, 0.2) is 48.8 Å². The molecule has 3 aromatic rings. The molecule has 0 aliphatic heterocycles. The van der Waals surface area contributed by atoms with Crippen LogP contribution in [0.5, 0.6) is 0 Å². The monoisotopic (exact) mass is 362 g/mol. The molecule has 5 heteroatoms. The highest BCUT2D eigenvalue weighted by molar-refractivity contribution is 5.90. The molecule has 1 saturated carbocycles. The highest BCUT2D eigenvalue weighted by atomic mass is 16.5. The van der Waals surface area contributed by atoms with Crippen LogP contribution in [0.4, 0.5) is 5.82 Å². The topological polar surface area (TPSA) is 59.9 Å². The van der Waals surface area contributed by atoms with Crippen LogP contribution in [0.3, 0.4) is 0 Å². The highest BCUT2D eigenvalue weighted by Crippen LogP contribution is 2.24. The van der Waals surface area contributed by atoms with Crippen molar-refractivity contribution >= 4 is 16.7 Å². The predicted molar refractivity (Wildman–Crippen MR) is 109 cm³/mol. The molecule has 1 aliphatic rings. The quantitative estimate of drug-likeness (QED) is 0.609. The molecule has 2 aromatic heterocycles. The fourth-order valence-electron chi connectivity index (χ4n) is 3.60. The molecule has 1 aliphatic carbocycles. The molecule has 0 radical (unpaired) electrons. The lowest BCUT2D eigenvalue weighted by molar-refractivity contribution is 0.0284. The number of hydrogen-bond acceptors (Lipinski definition) is 5. The second kappa shape index (κ2) is 8.91. The van der Waals surface area contributed by atoms with Crippen molar-refractivity contribution in [2.75, 3.05) is 18.5 Å². The molecule has 5 nitrogen and oxygen atoms in total. The molecule has 1 aromatic carbocycles. The van der Waals surface area contributed by atoms with E-state index < -0.39 is 0 Å². The summed E-state index contributed by atoms with van der Waals surface area (Å²) < 4.78 is 6.02. The molecule has 0 unspecified atom stereocenters. The maximum Gasteiger partial charge on any atom is 0.163 e. The van der Waals surface area contributed by atoms with E-state index in [2.05, 4.69) is 16.4 Å². The normalized spacial score (nSPS) is 15.1. The number of anilines is 1. The molecule has 0 saturated heterocycles. The fourth-order valence-corrected chi connectivity index (χ4v) is 3.60. The Kier molecular flexibility index (Phi) is 5.89. The first kappa shape index (κ1) is 17.9. The molecule has 1 N–H and O–H groups in total. The minimum absolute atomic E-state index is 0.468. The number of rotatable bonds is 7. The first-order valence-electron chi connectivity index (χ1n) is 9.93. The van der Waals surface area contributed by atoms with E-state index in [0.29, 0.717) is 11.9 Å². The van der Waals surface area contributed by atoms with Gasteiger partial charge >= 0.3 is 0 Å². The number of nitrogens with one attached hydrogen (secondary N) is 1. The van der Waals surface area contributed by atoms with E-state index in [4.69, 9.17) is 14.7 Å². The number of fused-ring (bicyclic) bond motifs is 1. The molecule has 0 atom stereocenters. The van der Waals surface area contributed by atoms with Gasteiger partial charge in [-0.05, 0) is 43.5 Å². The average molecular weight is 362 g/mol. The average Bonchev–Trinajstić information content (AvgIpc) is 2.74. The lowest BCUT2D eigenvalue weighted by atomic mass is 9.98. The molecule has 2 heterocycles. The van der Waals surface area contributed by atoms with Gasteiger partial charge in [-0.2, -0.15) is 0 Å². The lowest BCUT2D eigenvalue weighted by Gasteiger charge is -2.22. The summed E-state index contributed by atoms with van der Waals surface area (Å²) in [7, 11) is 0. The minimum Gasteiger partial charge on any atom is -0.378 e. The summed E-state index contributed by atoms with van der Waals surface area (Å²) in [5.74, 6) is 1.57. The van der Waals surface area contributed by atoms with Gasteiger partial charge in [-0.25, -0.2) is 9.97 Å². The standard InChI is InChI=1S/C22H26N4O/c1-2-9-18(10-3-1)27-15-7-14-24-22-19-11-4-5-12-20(19)25-21(26-22)17-8-6-13-23-16-17/h4-6,8,11-13,16,18H,1-3,7,9-10,14-15H2,(H,24,25,26). The van der Waals surface area contributed by atoms with Gasteiger partial charge in [0.1, 0.15) is 5.82 Å². The molecular weight excluding hydrogens is 336 g/mol. The zero-order valence-electron chi connectivity index (χ0n) is 15.6. The van der Waals surface area contributed by atoms with Gasteiger partial charge in [-0.1, -0.05) is 31.4 Å². The highest BCUT2D eigenvalue weighted by Gasteiger charge is 2.13. The first-order valence-corrected chi connectivity index (χ1v) is 9.93. The molecule has 4 rings (SSSR count). The van der Waals surface area contributed by atoms with Gasteiger partial charge in [0, 0.05) is 36.5 Å². The molecule has 1 fully saturated rings. The number of aromatic nitrogens is 3. The van der Waals surface area contributed by atoms with Crippen LogP contribution < -0.4 is 5.32 Å². The smallest absolute Gasteiger partial charge is 0.163 e. The summed E-state index contributed by atoms with van der Waals surface area (Å²) in [6.07, 6.45) is 11.4. The molecule has 140 valence electrons. The lowest BCUT2D eigenvalue weighted by Crippen LogP contribution is -2.18. The zero-order valence-corrected chi connectivity index (χ0v) is 15.6. The number of para-hydroxylation sites is 1. The second-order valence-corrected chi connectivity index (χ2v) is 7.07. The Labute approximate surface area is 160 Å². The Hall–Kier alpha value is -2.53. The third kappa shape index (κ3) is 4.61. The van der Waals surface area contributed by atoms with Gasteiger partial charge in [0.05, 0.1) is 11.6 Å². The van der Waals surface area contributed by atoms with E-state index >= 15 is 0 Å². The van der Waals surface area contributed by atoms with Crippen molar-refractivity contribution in [3.05, 3.63) is 48.8 Å². The minimum atomic E-state index is 0.468. The van der Waals surface area contributed by atoms with Gasteiger partial charge in [-0.15, -0.1) is 0 Å². The van der Waals surface area contributed by atoms with E-state index in [1.807, 2.05) is 30.3 Å². The van der Waals surface area contributed by atoms with Crippen molar-refractivity contribution in [1.29, 1.82) is 0 Å². The van der Waals surface area contributed by atoms with Crippen LogP contribution in [0, 0.1) is 0 Å². The fraction of sp³-hybridized carbons (Fsp3) is 0.409. The summed E-state index contributed by atoms with van der Waals surface area (Å²) in [6.45, 7) is 1.64. The summed E-state index contributed by atoms with van der Waals surface area (Å²) >= 11 is 0. The van der Waals surface area contributed by atoms with Gasteiger partial charge in [0.15, 0.2) is 5.82 Å². The maximum atomic E-state index is 6.02. The Morgan fingerprint density at radius 1 is 1.00 bits per heavy atom. The van der Waals surface area contributed by atoms with Gasteiger partial charge in [0.2, 0.25) is 0 Å². The van der Waals surface area contributed by atoms with Crippen LogP contribution in [-0.2, 0) is 4.74 Å². The van der Waals surface area contributed by atoms with Crippen LogP contribution in [0.1, 0.15) is 38.5 Å². The predicted octanol–water partition coefficient (Wildman–Crippen LogP) is 4.84. The molecule has 27 heavy (non-hydrogen) atoms. The van der Waals surface area contributed by atoms with Crippen LogP contribution in [0.25, 0.3) is 22.3 Å². The van der Waals surface area contributed by atoms with E-state index in [-0.39, 0.29) is 0 Å². The number of ether oxygens (including phenoxy) is 1. The third-order valence-corrected chi connectivity index (χ3v) is 5.04. The summed E-state index contributed by atoms with van der Waals surface area (Å²) in [5.41, 5.74) is 1.86. The van der Waals surface area contributed by atoms with E-state index in [0.717, 1.165) is 41.9 Å². The van der Waals surface area contributed by atoms with Gasteiger partial charge in [-0.3, -0.25) is 4.98 Å². The van der Waals surface area contributed by atoms with Crippen molar-refractivity contribution in [3.8, 4) is 11.4 Å². The zero-order chi connectivity index (χ0) is 18.3. The maximum absolute atomic E-state index is 6.02. The second-order valence-electron chi connectivity index (χ2n) is 7.07. The number of nitrogens with zero attached hydrogens (tertiary/aromatic N) is 3.